The van der Waals surface area contributed by atoms with Crippen LogP contribution in [-0.2, 0) is 5.75 Å². The van der Waals surface area contributed by atoms with Crippen molar-refractivity contribution in [3.8, 4) is 0 Å². The minimum Gasteiger partial charge on any atom is -0.478 e. The van der Waals surface area contributed by atoms with Gasteiger partial charge in [0.05, 0.1) is 5.56 Å². The van der Waals surface area contributed by atoms with E-state index in [0.29, 0.717) is 16.5 Å². The number of para-hydroxylation sites is 2. The molecule has 0 fully saturated rings. The van der Waals surface area contributed by atoms with E-state index < -0.39 is 5.97 Å². The van der Waals surface area contributed by atoms with E-state index in [1.54, 1.807) is 12.1 Å². The van der Waals surface area contributed by atoms with Gasteiger partial charge in [-0.2, -0.15) is 0 Å². The summed E-state index contributed by atoms with van der Waals surface area (Å²) in [5.41, 5.74) is 3.96. The summed E-state index contributed by atoms with van der Waals surface area (Å²) in [5, 5.41) is 9.58. The maximum absolute atomic E-state index is 10.9. The van der Waals surface area contributed by atoms with Gasteiger partial charge in [0, 0.05) is 5.75 Å². The number of carboxylic acid groups (broad SMARTS) is 1. The molecule has 2 aromatic carbocycles. The Morgan fingerprint density at radius 2 is 2.10 bits per heavy atom. The molecule has 0 amide bonds. The molecule has 3 rings (SSSR count). The van der Waals surface area contributed by atoms with Crippen molar-refractivity contribution >= 4 is 28.8 Å². The van der Waals surface area contributed by atoms with Gasteiger partial charge in [0.1, 0.15) is 5.52 Å². The molecule has 21 heavy (non-hydrogen) atoms. The highest BCUT2D eigenvalue weighted by molar-refractivity contribution is 7.98. The lowest BCUT2D eigenvalue weighted by Gasteiger charge is -2.05. The normalized spacial score (nSPS) is 10.9. The second kappa shape index (κ2) is 5.61. The maximum Gasteiger partial charge on any atom is 0.335 e. The van der Waals surface area contributed by atoms with Crippen LogP contribution < -0.4 is 0 Å². The van der Waals surface area contributed by atoms with E-state index in [2.05, 4.69) is 4.98 Å². The predicted molar refractivity (Wildman–Crippen MR) is 81.7 cm³/mol. The van der Waals surface area contributed by atoms with E-state index in [4.69, 9.17) is 9.52 Å². The Kier molecular flexibility index (Phi) is 3.66. The van der Waals surface area contributed by atoms with E-state index >= 15 is 0 Å². The predicted octanol–water partition coefficient (Wildman–Crippen LogP) is 4.13. The van der Waals surface area contributed by atoms with Crippen LogP contribution in [0.2, 0.25) is 0 Å². The van der Waals surface area contributed by atoms with Gasteiger partial charge in [0.25, 0.3) is 5.22 Å². The van der Waals surface area contributed by atoms with E-state index in [9.17, 15) is 4.79 Å². The van der Waals surface area contributed by atoms with Gasteiger partial charge in [0.15, 0.2) is 5.58 Å². The molecule has 106 valence electrons. The Hall–Kier alpha value is -2.27. The van der Waals surface area contributed by atoms with Crippen molar-refractivity contribution in [2.75, 3.05) is 0 Å². The Labute approximate surface area is 125 Å². The van der Waals surface area contributed by atoms with Crippen LogP contribution in [-0.4, -0.2) is 16.1 Å². The first kappa shape index (κ1) is 13.7. The number of carbonyl (C=O) groups is 1. The number of nitrogens with zero attached hydrogens (tertiary/aromatic N) is 1. The maximum atomic E-state index is 10.9. The van der Waals surface area contributed by atoms with Crippen molar-refractivity contribution in [2.24, 2.45) is 0 Å². The van der Waals surface area contributed by atoms with Crippen LogP contribution in [0.4, 0.5) is 0 Å². The third-order valence-electron chi connectivity index (χ3n) is 3.21. The number of thioether (sulfide) groups is 1. The Morgan fingerprint density at radius 3 is 2.81 bits per heavy atom. The highest BCUT2D eigenvalue weighted by atomic mass is 32.2. The minimum atomic E-state index is -0.906. The van der Waals surface area contributed by atoms with Gasteiger partial charge in [-0.25, -0.2) is 9.78 Å². The molecule has 0 saturated heterocycles. The van der Waals surface area contributed by atoms with Crippen LogP contribution in [0.3, 0.4) is 0 Å². The van der Waals surface area contributed by atoms with Gasteiger partial charge in [-0.3, -0.25) is 0 Å². The summed E-state index contributed by atoms with van der Waals surface area (Å²) >= 11 is 1.50. The largest absolute Gasteiger partial charge is 0.478 e. The molecule has 1 N–H and O–H groups in total. The zero-order chi connectivity index (χ0) is 14.8. The fourth-order valence-corrected chi connectivity index (χ4v) is 2.96. The van der Waals surface area contributed by atoms with Crippen molar-refractivity contribution in [3.05, 3.63) is 59.2 Å². The van der Waals surface area contributed by atoms with Crippen molar-refractivity contribution < 1.29 is 14.3 Å². The molecule has 0 unspecified atom stereocenters. The molecule has 0 aliphatic carbocycles. The molecular formula is C16H13NO3S. The average Bonchev–Trinajstić information content (AvgIpc) is 2.88. The van der Waals surface area contributed by atoms with Crippen molar-refractivity contribution in [3.63, 3.8) is 0 Å². The number of rotatable bonds is 4. The number of fused-ring (bicyclic) bond motifs is 1. The van der Waals surface area contributed by atoms with Crippen LogP contribution >= 0.6 is 11.8 Å². The lowest BCUT2D eigenvalue weighted by molar-refractivity contribution is 0.0697. The summed E-state index contributed by atoms with van der Waals surface area (Å²) in [4.78, 5) is 15.3. The number of aromatic carboxylic acids is 1. The zero-order valence-corrected chi connectivity index (χ0v) is 12.2. The summed E-state index contributed by atoms with van der Waals surface area (Å²) in [6.45, 7) is 1.91. The molecule has 5 heteroatoms. The number of aryl methyl sites for hydroxylation is 1. The topological polar surface area (TPSA) is 63.3 Å². The standard InChI is InChI=1S/C16H13NO3S/c1-10-8-11(15(18)19)6-7-12(10)9-21-16-17-13-4-2-3-5-14(13)20-16/h2-8H,9H2,1H3,(H,18,19). The van der Waals surface area contributed by atoms with Crippen LogP contribution in [0.15, 0.2) is 52.1 Å². The number of oxazole rings is 1. The highest BCUT2D eigenvalue weighted by Crippen LogP contribution is 2.27. The molecular weight excluding hydrogens is 286 g/mol. The molecule has 0 aliphatic heterocycles. The number of hydrogen-bond acceptors (Lipinski definition) is 4. The first-order valence-electron chi connectivity index (χ1n) is 6.44. The van der Waals surface area contributed by atoms with E-state index in [-0.39, 0.29) is 0 Å². The number of benzene rings is 2. The third-order valence-corrected chi connectivity index (χ3v) is 4.09. The highest BCUT2D eigenvalue weighted by Gasteiger charge is 2.09. The minimum absolute atomic E-state index is 0.308. The van der Waals surface area contributed by atoms with Gasteiger partial charge >= 0.3 is 5.97 Å². The summed E-state index contributed by atoms with van der Waals surface area (Å²) in [7, 11) is 0. The third kappa shape index (κ3) is 2.92. The molecule has 4 nitrogen and oxygen atoms in total. The monoisotopic (exact) mass is 299 g/mol. The van der Waals surface area contributed by atoms with Crippen molar-refractivity contribution in [1.29, 1.82) is 0 Å². The summed E-state index contributed by atoms with van der Waals surface area (Å²) in [6.07, 6.45) is 0. The molecule has 0 aliphatic rings. The average molecular weight is 299 g/mol. The number of carboxylic acids is 1. The fraction of sp³-hybridized carbons (Fsp3) is 0.125. The van der Waals surface area contributed by atoms with Gasteiger partial charge in [-0.1, -0.05) is 30.0 Å². The zero-order valence-electron chi connectivity index (χ0n) is 11.4. The second-order valence-electron chi connectivity index (χ2n) is 4.68. The van der Waals surface area contributed by atoms with Gasteiger partial charge < -0.3 is 9.52 Å². The first-order chi connectivity index (χ1) is 10.1. The van der Waals surface area contributed by atoms with Gasteiger partial charge in [-0.05, 0) is 42.3 Å². The molecule has 0 saturated carbocycles. The van der Waals surface area contributed by atoms with Crippen LogP contribution in [0, 0.1) is 6.92 Å². The second-order valence-corrected chi connectivity index (χ2v) is 5.61. The number of aromatic nitrogens is 1. The Balaban J connectivity index is 1.76. The molecule has 3 aromatic rings. The number of hydrogen-bond donors (Lipinski definition) is 1. The molecule has 0 radical (unpaired) electrons. The van der Waals surface area contributed by atoms with Crippen LogP contribution in [0.5, 0.6) is 0 Å². The fourth-order valence-electron chi connectivity index (χ4n) is 2.04. The Morgan fingerprint density at radius 1 is 1.29 bits per heavy atom. The Bertz CT molecular complexity index is 777. The SMILES string of the molecule is Cc1cc(C(=O)O)ccc1CSc1nc2ccccc2o1. The summed E-state index contributed by atoms with van der Waals surface area (Å²) in [6, 6.07) is 12.8. The molecule has 0 bridgehead atoms. The van der Waals surface area contributed by atoms with Crippen molar-refractivity contribution in [1.82, 2.24) is 4.98 Å². The van der Waals surface area contributed by atoms with Crippen LogP contribution in [0.1, 0.15) is 21.5 Å². The van der Waals surface area contributed by atoms with Gasteiger partial charge in [0.2, 0.25) is 0 Å². The van der Waals surface area contributed by atoms with E-state index in [0.717, 1.165) is 22.2 Å². The lowest BCUT2D eigenvalue weighted by Crippen LogP contribution is -1.98. The van der Waals surface area contributed by atoms with Crippen molar-refractivity contribution in [2.45, 2.75) is 17.9 Å². The quantitative estimate of drug-likeness (QED) is 0.734. The molecule has 0 atom stereocenters. The molecule has 0 spiro atoms. The molecule has 1 heterocycles. The first-order valence-corrected chi connectivity index (χ1v) is 7.43. The summed E-state index contributed by atoms with van der Waals surface area (Å²) < 4.78 is 5.65. The summed E-state index contributed by atoms with van der Waals surface area (Å²) in [5.74, 6) is -0.213. The smallest absolute Gasteiger partial charge is 0.335 e. The lowest BCUT2D eigenvalue weighted by atomic mass is 10.1. The molecule has 1 aromatic heterocycles. The van der Waals surface area contributed by atoms with E-state index in [1.807, 2.05) is 37.3 Å². The van der Waals surface area contributed by atoms with Gasteiger partial charge in [-0.15, -0.1) is 0 Å². The van der Waals surface area contributed by atoms with Crippen LogP contribution in [0.25, 0.3) is 11.1 Å². The van der Waals surface area contributed by atoms with E-state index in [1.165, 1.54) is 11.8 Å².